The molecule has 0 aliphatic rings. The molecule has 0 aliphatic heterocycles. The summed E-state index contributed by atoms with van der Waals surface area (Å²) in [5.74, 6) is -1.14. The molecule has 1 N–H and O–H groups in total. The predicted molar refractivity (Wildman–Crippen MR) is 56.2 cm³/mol. The van der Waals surface area contributed by atoms with Gasteiger partial charge < -0.3 is 5.11 Å². The number of rotatable bonds is 2. The predicted octanol–water partition coefficient (Wildman–Crippen LogP) is 3.92. The second kappa shape index (κ2) is 5.32. The minimum atomic E-state index is -4.98. The molecule has 20 heavy (non-hydrogen) atoms. The Labute approximate surface area is 110 Å². The van der Waals surface area contributed by atoms with E-state index in [9.17, 15) is 31.4 Å². The highest BCUT2D eigenvalue weighted by Gasteiger charge is 2.37. The average molecular weight is 297 g/mol. The second-order valence-corrected chi connectivity index (χ2v) is 4.20. The molecule has 2 nitrogen and oxygen atoms in total. The van der Waals surface area contributed by atoms with Crippen molar-refractivity contribution in [3.8, 4) is 6.07 Å². The van der Waals surface area contributed by atoms with Crippen molar-refractivity contribution in [2.45, 2.75) is 25.4 Å². The topological polar surface area (TPSA) is 44.0 Å². The van der Waals surface area contributed by atoms with Gasteiger partial charge in [-0.3, -0.25) is 0 Å². The number of aliphatic hydroxyl groups excluding tert-OH is 1. The standard InChI is InChI=1S/C12H9F6NO/c1-6(5-19)10(20)7-2-8(11(13,14)15)4-9(3-7)12(16,17)18/h2-4,6,10,20H,1H3. The average Bonchev–Trinajstić information content (AvgIpc) is 2.34. The maximum atomic E-state index is 12.6. The fourth-order valence-electron chi connectivity index (χ4n) is 1.51. The lowest BCUT2D eigenvalue weighted by Gasteiger charge is -2.18. The molecule has 8 heteroatoms. The summed E-state index contributed by atoms with van der Waals surface area (Å²) in [5.41, 5.74) is -3.64. The van der Waals surface area contributed by atoms with Crippen LogP contribution in [-0.2, 0) is 12.4 Å². The van der Waals surface area contributed by atoms with Crippen molar-refractivity contribution in [2.24, 2.45) is 5.92 Å². The van der Waals surface area contributed by atoms with Crippen LogP contribution >= 0.6 is 0 Å². The van der Waals surface area contributed by atoms with Crippen molar-refractivity contribution in [2.75, 3.05) is 0 Å². The van der Waals surface area contributed by atoms with Gasteiger partial charge in [-0.15, -0.1) is 0 Å². The van der Waals surface area contributed by atoms with E-state index in [1.54, 1.807) is 6.07 Å². The Morgan fingerprint density at radius 2 is 1.40 bits per heavy atom. The summed E-state index contributed by atoms with van der Waals surface area (Å²) >= 11 is 0. The third-order valence-corrected chi connectivity index (χ3v) is 2.63. The highest BCUT2D eigenvalue weighted by molar-refractivity contribution is 5.35. The molecule has 0 amide bonds. The molecule has 0 bridgehead atoms. The van der Waals surface area contributed by atoms with E-state index >= 15 is 0 Å². The first-order chi connectivity index (χ1) is 8.96. The molecule has 0 heterocycles. The first-order valence-electron chi connectivity index (χ1n) is 5.34. The zero-order chi connectivity index (χ0) is 15.7. The van der Waals surface area contributed by atoms with E-state index < -0.39 is 41.1 Å². The lowest BCUT2D eigenvalue weighted by molar-refractivity contribution is -0.143. The number of aliphatic hydroxyl groups is 1. The number of hydrogen-bond donors (Lipinski definition) is 1. The smallest absolute Gasteiger partial charge is 0.387 e. The van der Waals surface area contributed by atoms with E-state index in [4.69, 9.17) is 5.26 Å². The van der Waals surface area contributed by atoms with Crippen LogP contribution in [0.4, 0.5) is 26.3 Å². The Bertz CT molecular complexity index is 496. The quantitative estimate of drug-likeness (QED) is 0.841. The van der Waals surface area contributed by atoms with Crippen LogP contribution in [0.5, 0.6) is 0 Å². The largest absolute Gasteiger partial charge is 0.416 e. The van der Waals surface area contributed by atoms with Crippen LogP contribution in [-0.4, -0.2) is 5.11 Å². The summed E-state index contributed by atoms with van der Waals surface area (Å²) in [6.45, 7) is 1.19. The van der Waals surface area contributed by atoms with Gasteiger partial charge in [0.2, 0.25) is 0 Å². The van der Waals surface area contributed by atoms with Crippen molar-refractivity contribution in [3.05, 3.63) is 34.9 Å². The van der Waals surface area contributed by atoms with Gasteiger partial charge >= 0.3 is 12.4 Å². The third kappa shape index (κ3) is 3.63. The number of nitrogens with zero attached hydrogens (tertiary/aromatic N) is 1. The summed E-state index contributed by atoms with van der Waals surface area (Å²) in [6.07, 6.45) is -11.7. The van der Waals surface area contributed by atoms with Gasteiger partial charge in [0.05, 0.1) is 29.2 Å². The summed E-state index contributed by atoms with van der Waals surface area (Å²) in [6, 6.07) is 2.35. The van der Waals surface area contributed by atoms with Gasteiger partial charge in [-0.1, -0.05) is 0 Å². The summed E-state index contributed by atoms with van der Waals surface area (Å²) < 4.78 is 75.4. The van der Waals surface area contributed by atoms with E-state index in [0.717, 1.165) is 0 Å². The highest BCUT2D eigenvalue weighted by atomic mass is 19.4. The fraction of sp³-hybridized carbons (Fsp3) is 0.417. The van der Waals surface area contributed by atoms with Crippen LogP contribution in [0.3, 0.4) is 0 Å². The van der Waals surface area contributed by atoms with Gasteiger partial charge in [0.25, 0.3) is 0 Å². The van der Waals surface area contributed by atoms with Crippen molar-refractivity contribution < 1.29 is 31.4 Å². The van der Waals surface area contributed by atoms with Crippen LogP contribution in [0.15, 0.2) is 18.2 Å². The van der Waals surface area contributed by atoms with Crippen LogP contribution in [0.2, 0.25) is 0 Å². The zero-order valence-electron chi connectivity index (χ0n) is 10.0. The summed E-state index contributed by atoms with van der Waals surface area (Å²) in [5, 5.41) is 18.2. The maximum Gasteiger partial charge on any atom is 0.416 e. The molecule has 0 saturated heterocycles. The molecule has 0 fully saturated rings. The molecular weight excluding hydrogens is 288 g/mol. The van der Waals surface area contributed by atoms with Crippen molar-refractivity contribution in [1.82, 2.24) is 0 Å². The Morgan fingerprint density at radius 1 is 1.00 bits per heavy atom. The number of alkyl halides is 6. The Morgan fingerprint density at radius 3 is 1.70 bits per heavy atom. The monoisotopic (exact) mass is 297 g/mol. The van der Waals surface area contributed by atoms with Gasteiger partial charge in [-0.25, -0.2) is 0 Å². The molecule has 0 aromatic heterocycles. The minimum Gasteiger partial charge on any atom is -0.387 e. The first kappa shape index (κ1) is 16.3. The SMILES string of the molecule is CC(C#N)C(O)c1cc(C(F)(F)F)cc(C(F)(F)F)c1. The number of benzene rings is 1. The number of hydrogen-bond acceptors (Lipinski definition) is 2. The molecule has 0 aliphatic carbocycles. The van der Waals surface area contributed by atoms with Crippen LogP contribution < -0.4 is 0 Å². The fourth-order valence-corrected chi connectivity index (χ4v) is 1.51. The Balaban J connectivity index is 3.43. The molecule has 2 unspecified atom stereocenters. The molecule has 1 aromatic carbocycles. The second-order valence-electron chi connectivity index (χ2n) is 4.20. The lowest BCUT2D eigenvalue weighted by Crippen LogP contribution is -2.15. The van der Waals surface area contributed by atoms with E-state index in [1.807, 2.05) is 0 Å². The van der Waals surface area contributed by atoms with Gasteiger partial charge in [0.1, 0.15) is 0 Å². The zero-order valence-corrected chi connectivity index (χ0v) is 10.0. The minimum absolute atomic E-state index is 0.0345. The first-order valence-corrected chi connectivity index (χ1v) is 5.34. The summed E-state index contributed by atoms with van der Waals surface area (Å²) in [4.78, 5) is 0. The molecule has 0 radical (unpaired) electrons. The molecule has 0 spiro atoms. The van der Waals surface area contributed by atoms with E-state index in [0.29, 0.717) is 12.1 Å². The van der Waals surface area contributed by atoms with Gasteiger partial charge in [-0.05, 0) is 30.7 Å². The van der Waals surface area contributed by atoms with Crippen LogP contribution in [0.1, 0.15) is 29.7 Å². The van der Waals surface area contributed by atoms with Crippen molar-refractivity contribution in [3.63, 3.8) is 0 Å². The number of nitriles is 1. The van der Waals surface area contributed by atoms with E-state index in [-0.39, 0.29) is 6.07 Å². The van der Waals surface area contributed by atoms with Crippen molar-refractivity contribution >= 4 is 0 Å². The number of halogens is 6. The molecule has 1 rings (SSSR count). The van der Waals surface area contributed by atoms with E-state index in [1.165, 1.54) is 6.92 Å². The van der Waals surface area contributed by atoms with Gasteiger partial charge in [0.15, 0.2) is 0 Å². The maximum absolute atomic E-state index is 12.6. The molecule has 2 atom stereocenters. The van der Waals surface area contributed by atoms with Crippen molar-refractivity contribution in [1.29, 1.82) is 5.26 Å². The highest BCUT2D eigenvalue weighted by Crippen LogP contribution is 2.38. The van der Waals surface area contributed by atoms with E-state index in [2.05, 4.69) is 0 Å². The van der Waals surface area contributed by atoms with Crippen LogP contribution in [0, 0.1) is 17.2 Å². The Kier molecular flexibility index (Phi) is 4.34. The van der Waals surface area contributed by atoms with Gasteiger partial charge in [-0.2, -0.15) is 31.6 Å². The molecule has 1 aromatic rings. The molecular formula is C12H9F6NO. The molecule has 0 saturated carbocycles. The third-order valence-electron chi connectivity index (χ3n) is 2.63. The summed E-state index contributed by atoms with van der Waals surface area (Å²) in [7, 11) is 0. The van der Waals surface area contributed by atoms with Gasteiger partial charge in [0, 0.05) is 0 Å². The van der Waals surface area contributed by atoms with Crippen LogP contribution in [0.25, 0.3) is 0 Å². The lowest BCUT2D eigenvalue weighted by atomic mass is 9.95. The normalized spacial score (nSPS) is 15.6. The Hall–Kier alpha value is -1.75. The molecule has 110 valence electrons.